The highest BCUT2D eigenvalue weighted by Gasteiger charge is 2.16. The molecule has 0 saturated carbocycles. The predicted molar refractivity (Wildman–Crippen MR) is 96.5 cm³/mol. The van der Waals surface area contributed by atoms with Gasteiger partial charge in [-0.2, -0.15) is 5.26 Å². The van der Waals surface area contributed by atoms with Crippen molar-refractivity contribution in [3.63, 3.8) is 0 Å². The fourth-order valence-corrected chi connectivity index (χ4v) is 2.19. The van der Waals surface area contributed by atoms with E-state index in [0.29, 0.717) is 17.1 Å². The van der Waals surface area contributed by atoms with Crippen molar-refractivity contribution in [3.8, 4) is 23.3 Å². The number of carbonyl (C=O) groups excluding carboxylic acids is 1. The van der Waals surface area contributed by atoms with Gasteiger partial charge in [0.25, 0.3) is 11.6 Å². The number of non-ortho nitro benzene ring substituents is 1. The maximum absolute atomic E-state index is 12.4. The van der Waals surface area contributed by atoms with Crippen molar-refractivity contribution in [2.45, 2.75) is 0 Å². The van der Waals surface area contributed by atoms with Crippen molar-refractivity contribution < 1.29 is 24.3 Å². The highest BCUT2D eigenvalue weighted by molar-refractivity contribution is 6.10. The Kier molecular flexibility index (Phi) is 5.96. The Morgan fingerprint density at radius 3 is 2.56 bits per heavy atom. The van der Waals surface area contributed by atoms with Gasteiger partial charge < -0.3 is 19.9 Å². The summed E-state index contributed by atoms with van der Waals surface area (Å²) in [6, 6.07) is 9.84. The minimum Gasteiger partial charge on any atom is -0.506 e. The molecule has 0 aliphatic carbocycles. The first kappa shape index (κ1) is 19.3. The van der Waals surface area contributed by atoms with Gasteiger partial charge in [0.05, 0.1) is 30.9 Å². The lowest BCUT2D eigenvalue weighted by molar-refractivity contribution is -0.384. The lowest BCUT2D eigenvalue weighted by atomic mass is 10.1. The first-order valence-corrected chi connectivity index (χ1v) is 7.52. The number of hydrogen-bond donors (Lipinski definition) is 2. The Morgan fingerprint density at radius 1 is 1.26 bits per heavy atom. The van der Waals surface area contributed by atoms with Gasteiger partial charge in [-0.25, -0.2) is 0 Å². The van der Waals surface area contributed by atoms with Gasteiger partial charge in [-0.05, 0) is 30.3 Å². The third kappa shape index (κ3) is 4.52. The molecule has 9 heteroatoms. The molecule has 0 fully saturated rings. The van der Waals surface area contributed by atoms with E-state index in [4.69, 9.17) is 9.47 Å². The van der Waals surface area contributed by atoms with Gasteiger partial charge in [0, 0.05) is 11.6 Å². The van der Waals surface area contributed by atoms with Crippen LogP contribution < -0.4 is 14.8 Å². The lowest BCUT2D eigenvalue weighted by Crippen LogP contribution is -2.13. The second-order valence-corrected chi connectivity index (χ2v) is 5.19. The maximum Gasteiger partial charge on any atom is 0.273 e. The smallest absolute Gasteiger partial charge is 0.273 e. The molecule has 0 saturated heterocycles. The quantitative estimate of drug-likeness (QED) is 0.263. The van der Waals surface area contributed by atoms with Gasteiger partial charge in [-0.3, -0.25) is 14.9 Å². The molecule has 0 heterocycles. The van der Waals surface area contributed by atoms with E-state index in [-0.39, 0.29) is 16.9 Å². The van der Waals surface area contributed by atoms with E-state index in [9.17, 15) is 25.3 Å². The van der Waals surface area contributed by atoms with Crippen LogP contribution in [0.15, 0.2) is 42.0 Å². The third-order valence-electron chi connectivity index (χ3n) is 3.54. The number of amides is 1. The van der Waals surface area contributed by atoms with Crippen LogP contribution in [0.25, 0.3) is 6.08 Å². The minimum atomic E-state index is -0.800. The van der Waals surface area contributed by atoms with Gasteiger partial charge in [-0.15, -0.1) is 0 Å². The number of nitro groups is 1. The Labute approximate surface area is 154 Å². The first-order chi connectivity index (χ1) is 12.9. The van der Waals surface area contributed by atoms with E-state index in [1.807, 2.05) is 0 Å². The largest absolute Gasteiger partial charge is 0.506 e. The zero-order valence-corrected chi connectivity index (χ0v) is 14.4. The molecule has 2 aromatic carbocycles. The van der Waals surface area contributed by atoms with Crippen LogP contribution in [0, 0.1) is 21.4 Å². The monoisotopic (exact) mass is 369 g/mol. The number of aromatic hydroxyl groups is 1. The van der Waals surface area contributed by atoms with Crippen molar-refractivity contribution in [1.82, 2.24) is 0 Å². The molecular formula is C18H15N3O6. The summed E-state index contributed by atoms with van der Waals surface area (Å²) in [5.74, 6) is -0.359. The van der Waals surface area contributed by atoms with E-state index in [2.05, 4.69) is 5.32 Å². The number of hydrogen-bond acceptors (Lipinski definition) is 7. The molecule has 1 amide bonds. The average Bonchev–Trinajstić information content (AvgIpc) is 2.67. The summed E-state index contributed by atoms with van der Waals surface area (Å²) in [5, 5.41) is 32.2. The second-order valence-electron chi connectivity index (χ2n) is 5.19. The lowest BCUT2D eigenvalue weighted by Gasteiger charge is -2.09. The fraction of sp³-hybridized carbons (Fsp3) is 0.111. The molecule has 2 rings (SSSR count). The van der Waals surface area contributed by atoms with Crippen LogP contribution in [0.4, 0.5) is 11.4 Å². The van der Waals surface area contributed by atoms with Crippen molar-refractivity contribution >= 4 is 23.4 Å². The molecular weight excluding hydrogens is 354 g/mol. The topological polar surface area (TPSA) is 135 Å². The summed E-state index contributed by atoms with van der Waals surface area (Å²) < 4.78 is 10.3. The van der Waals surface area contributed by atoms with Crippen LogP contribution in [0.1, 0.15) is 5.56 Å². The number of ether oxygens (including phenoxy) is 2. The number of benzene rings is 2. The fourth-order valence-electron chi connectivity index (χ4n) is 2.19. The summed E-state index contributed by atoms with van der Waals surface area (Å²) in [6.45, 7) is 0. The molecule has 2 aromatic rings. The van der Waals surface area contributed by atoms with Crippen LogP contribution >= 0.6 is 0 Å². The Balaban J connectivity index is 2.33. The van der Waals surface area contributed by atoms with Crippen molar-refractivity contribution in [2.75, 3.05) is 19.5 Å². The summed E-state index contributed by atoms with van der Waals surface area (Å²) in [6.07, 6.45) is 1.30. The SMILES string of the molecule is COc1ccc(OC)c(/C=C(\C#N)C(=O)Nc2ccc([N+](=O)[O-])cc2O)c1. The normalized spacial score (nSPS) is 10.6. The molecule has 0 radical (unpaired) electrons. The standard InChI is InChI=1S/C18H15N3O6/c1-26-14-4-6-17(27-2)11(8-14)7-12(10-19)18(23)20-15-5-3-13(21(24)25)9-16(15)22/h3-9,22H,1-2H3,(H,20,23)/b12-7+. The molecule has 138 valence electrons. The summed E-state index contributed by atoms with van der Waals surface area (Å²) in [4.78, 5) is 22.4. The highest BCUT2D eigenvalue weighted by atomic mass is 16.6. The summed E-state index contributed by atoms with van der Waals surface area (Å²) >= 11 is 0. The zero-order chi connectivity index (χ0) is 20.0. The molecule has 0 aliphatic rings. The number of nitrogens with one attached hydrogen (secondary N) is 1. The number of rotatable bonds is 6. The maximum atomic E-state index is 12.4. The number of nitrogens with zero attached hydrogens (tertiary/aromatic N) is 2. The zero-order valence-electron chi connectivity index (χ0n) is 14.4. The minimum absolute atomic E-state index is 0.0654. The molecule has 0 atom stereocenters. The van der Waals surface area contributed by atoms with E-state index < -0.39 is 16.6 Å². The van der Waals surface area contributed by atoms with Crippen LogP contribution in [-0.4, -0.2) is 30.2 Å². The molecule has 27 heavy (non-hydrogen) atoms. The van der Waals surface area contributed by atoms with Gasteiger partial charge in [0.1, 0.15) is 28.9 Å². The number of nitriles is 1. The van der Waals surface area contributed by atoms with Gasteiger partial charge in [0.15, 0.2) is 0 Å². The number of phenolic OH excluding ortho intramolecular Hbond substituents is 1. The molecule has 2 N–H and O–H groups in total. The van der Waals surface area contributed by atoms with Crippen molar-refractivity contribution in [1.29, 1.82) is 5.26 Å². The number of phenols is 1. The van der Waals surface area contributed by atoms with Crippen LogP contribution in [0.3, 0.4) is 0 Å². The molecule has 0 spiro atoms. The van der Waals surface area contributed by atoms with Gasteiger partial charge in [0.2, 0.25) is 0 Å². The average molecular weight is 369 g/mol. The van der Waals surface area contributed by atoms with Gasteiger partial charge in [-0.1, -0.05) is 0 Å². The Morgan fingerprint density at radius 2 is 2.00 bits per heavy atom. The van der Waals surface area contributed by atoms with Crippen LogP contribution in [0.5, 0.6) is 17.2 Å². The Hall–Kier alpha value is -4.06. The Bertz CT molecular complexity index is 962. The molecule has 0 bridgehead atoms. The van der Waals surface area contributed by atoms with Crippen LogP contribution in [-0.2, 0) is 4.79 Å². The van der Waals surface area contributed by atoms with Crippen molar-refractivity contribution in [3.05, 3.63) is 57.6 Å². The number of methoxy groups -OCH3 is 2. The van der Waals surface area contributed by atoms with Crippen LogP contribution in [0.2, 0.25) is 0 Å². The molecule has 0 unspecified atom stereocenters. The first-order valence-electron chi connectivity index (χ1n) is 7.52. The summed E-state index contributed by atoms with van der Waals surface area (Å²) in [5.41, 5.74) is -0.220. The third-order valence-corrected chi connectivity index (χ3v) is 3.54. The second kappa shape index (κ2) is 8.35. The molecule has 9 nitrogen and oxygen atoms in total. The van der Waals surface area contributed by atoms with E-state index in [0.717, 1.165) is 12.1 Å². The predicted octanol–water partition coefficient (Wildman–Crippen LogP) is 2.86. The number of anilines is 1. The summed E-state index contributed by atoms with van der Waals surface area (Å²) in [7, 11) is 2.92. The highest BCUT2D eigenvalue weighted by Crippen LogP contribution is 2.29. The molecule has 0 aliphatic heterocycles. The molecule has 0 aromatic heterocycles. The van der Waals surface area contributed by atoms with E-state index in [1.165, 1.54) is 26.4 Å². The number of nitro benzene ring substituents is 1. The van der Waals surface area contributed by atoms with Crippen molar-refractivity contribution in [2.24, 2.45) is 0 Å². The van der Waals surface area contributed by atoms with Gasteiger partial charge >= 0.3 is 0 Å². The van der Waals surface area contributed by atoms with E-state index >= 15 is 0 Å². The van der Waals surface area contributed by atoms with E-state index in [1.54, 1.807) is 24.3 Å². The number of carbonyl (C=O) groups is 1.